The summed E-state index contributed by atoms with van der Waals surface area (Å²) in [5.74, 6) is 1.15. The lowest BCUT2D eigenvalue weighted by Gasteiger charge is -2.24. The van der Waals surface area contributed by atoms with E-state index in [2.05, 4.69) is 22.5 Å². The monoisotopic (exact) mass is 273 g/mol. The summed E-state index contributed by atoms with van der Waals surface area (Å²) in [6.07, 6.45) is 2.75. The number of carbonyl (C=O) groups is 1. The molecule has 1 saturated heterocycles. The summed E-state index contributed by atoms with van der Waals surface area (Å²) >= 11 is 1.74. The predicted octanol–water partition coefficient (Wildman–Crippen LogP) is 1.00. The third kappa shape index (κ3) is 6.26. The lowest BCUT2D eigenvalue weighted by molar-refractivity contribution is -0.121. The van der Waals surface area contributed by atoms with Gasteiger partial charge in [0.05, 0.1) is 13.2 Å². The number of methoxy groups -OCH3 is 1. The molecule has 1 amide bonds. The number of nitrogens with zero attached hydrogens (tertiary/aromatic N) is 1. The third-order valence-corrected chi connectivity index (χ3v) is 3.71. The molecule has 0 spiro atoms. The van der Waals surface area contributed by atoms with E-state index in [9.17, 15) is 4.79 Å². The zero-order valence-electron chi connectivity index (χ0n) is 11.2. The molecule has 0 radical (unpaired) electrons. The largest absolute Gasteiger partial charge is 0.383 e. The average Bonchev–Trinajstić information content (AvgIpc) is 2.39. The molecule has 0 saturated carbocycles. The van der Waals surface area contributed by atoms with E-state index in [1.165, 1.54) is 6.42 Å². The Hall–Kier alpha value is -0.750. The van der Waals surface area contributed by atoms with Gasteiger partial charge in [0.2, 0.25) is 5.91 Å². The summed E-state index contributed by atoms with van der Waals surface area (Å²) in [6, 6.07) is 0.542. The number of carbonyl (C=O) groups excluding carboxylic acids is 1. The highest BCUT2D eigenvalue weighted by Gasteiger charge is 2.15. The number of ether oxygens (including phenoxy) is 1. The molecule has 0 bridgehead atoms. The van der Waals surface area contributed by atoms with Gasteiger partial charge in [-0.25, -0.2) is 0 Å². The number of amides is 1. The summed E-state index contributed by atoms with van der Waals surface area (Å²) in [6.45, 7) is 3.84. The molecule has 1 heterocycles. The maximum absolute atomic E-state index is 11.4. The summed E-state index contributed by atoms with van der Waals surface area (Å²) in [7, 11) is 1.62. The number of hydrogen-bond acceptors (Lipinski definition) is 4. The molecule has 1 aliphatic rings. The zero-order chi connectivity index (χ0) is 13.2. The molecule has 18 heavy (non-hydrogen) atoms. The minimum Gasteiger partial charge on any atom is -0.383 e. The van der Waals surface area contributed by atoms with E-state index in [1.807, 2.05) is 0 Å². The number of nitrogens with one attached hydrogen (secondary N) is 2. The van der Waals surface area contributed by atoms with Crippen molar-refractivity contribution in [1.82, 2.24) is 10.6 Å². The van der Waals surface area contributed by atoms with Gasteiger partial charge in [-0.3, -0.25) is 9.79 Å². The van der Waals surface area contributed by atoms with Crippen molar-refractivity contribution in [3.63, 3.8) is 0 Å². The summed E-state index contributed by atoms with van der Waals surface area (Å²) in [5, 5.41) is 7.16. The summed E-state index contributed by atoms with van der Waals surface area (Å²) in [4.78, 5) is 15.8. The molecule has 6 heteroatoms. The number of rotatable bonds is 7. The van der Waals surface area contributed by atoms with Gasteiger partial charge in [0.25, 0.3) is 0 Å². The summed E-state index contributed by atoms with van der Waals surface area (Å²) < 4.78 is 4.86. The SMILES string of the molecule is CCC1CCSC(=NCCC(=O)NCCOC)N1. The molecule has 0 aromatic rings. The molecule has 0 aromatic heterocycles. The van der Waals surface area contributed by atoms with Gasteiger partial charge in [-0.15, -0.1) is 0 Å². The van der Waals surface area contributed by atoms with Gasteiger partial charge >= 0.3 is 0 Å². The van der Waals surface area contributed by atoms with E-state index in [-0.39, 0.29) is 5.91 Å². The highest BCUT2D eigenvalue weighted by molar-refractivity contribution is 8.13. The van der Waals surface area contributed by atoms with Crippen molar-refractivity contribution >= 4 is 22.8 Å². The normalized spacial score (nSPS) is 21.7. The third-order valence-electron chi connectivity index (χ3n) is 2.75. The first-order chi connectivity index (χ1) is 8.76. The lowest BCUT2D eigenvalue weighted by atomic mass is 10.2. The van der Waals surface area contributed by atoms with Gasteiger partial charge in [0, 0.05) is 31.9 Å². The quantitative estimate of drug-likeness (QED) is 0.679. The first-order valence-electron chi connectivity index (χ1n) is 6.45. The Kier molecular flexibility index (Phi) is 7.84. The van der Waals surface area contributed by atoms with Crippen LogP contribution >= 0.6 is 11.8 Å². The smallest absolute Gasteiger partial charge is 0.221 e. The van der Waals surface area contributed by atoms with Crippen molar-refractivity contribution in [2.75, 3.05) is 32.6 Å². The van der Waals surface area contributed by atoms with Crippen molar-refractivity contribution in [1.29, 1.82) is 0 Å². The minimum atomic E-state index is 0.0317. The van der Waals surface area contributed by atoms with Crippen LogP contribution in [0.4, 0.5) is 0 Å². The first kappa shape index (κ1) is 15.3. The van der Waals surface area contributed by atoms with Crippen LogP contribution in [0.5, 0.6) is 0 Å². The van der Waals surface area contributed by atoms with Crippen LogP contribution in [-0.2, 0) is 9.53 Å². The molecule has 5 nitrogen and oxygen atoms in total. The van der Waals surface area contributed by atoms with Crippen LogP contribution in [0, 0.1) is 0 Å². The van der Waals surface area contributed by atoms with Crippen molar-refractivity contribution in [2.24, 2.45) is 4.99 Å². The molecule has 2 N–H and O–H groups in total. The molecule has 1 fully saturated rings. The van der Waals surface area contributed by atoms with Crippen LogP contribution in [-0.4, -0.2) is 49.7 Å². The van der Waals surface area contributed by atoms with E-state index in [0.717, 1.165) is 17.3 Å². The van der Waals surface area contributed by atoms with Gasteiger partial charge in [-0.05, 0) is 12.8 Å². The number of aliphatic imine (C=N–C) groups is 1. The van der Waals surface area contributed by atoms with Crippen molar-refractivity contribution in [3.8, 4) is 0 Å². The van der Waals surface area contributed by atoms with Gasteiger partial charge < -0.3 is 15.4 Å². The fraction of sp³-hybridized carbons (Fsp3) is 0.833. The highest BCUT2D eigenvalue weighted by atomic mass is 32.2. The minimum absolute atomic E-state index is 0.0317. The Morgan fingerprint density at radius 1 is 1.67 bits per heavy atom. The van der Waals surface area contributed by atoms with Crippen molar-refractivity contribution in [3.05, 3.63) is 0 Å². The highest BCUT2D eigenvalue weighted by Crippen LogP contribution is 2.15. The molecule has 0 aliphatic carbocycles. The van der Waals surface area contributed by atoms with Crippen LogP contribution in [0.15, 0.2) is 4.99 Å². The van der Waals surface area contributed by atoms with Crippen molar-refractivity contribution in [2.45, 2.75) is 32.2 Å². The Bertz CT molecular complexity index is 284. The second-order valence-electron chi connectivity index (χ2n) is 4.17. The maximum atomic E-state index is 11.4. The second-order valence-corrected chi connectivity index (χ2v) is 5.25. The molecule has 1 unspecified atom stereocenters. The van der Waals surface area contributed by atoms with E-state index in [0.29, 0.717) is 32.2 Å². The first-order valence-corrected chi connectivity index (χ1v) is 7.44. The van der Waals surface area contributed by atoms with Crippen LogP contribution in [0.2, 0.25) is 0 Å². The average molecular weight is 273 g/mol. The van der Waals surface area contributed by atoms with E-state index in [1.54, 1.807) is 18.9 Å². The number of thioether (sulfide) groups is 1. The number of amidine groups is 1. The molecule has 1 rings (SSSR count). The fourth-order valence-electron chi connectivity index (χ4n) is 1.62. The Morgan fingerprint density at radius 3 is 3.22 bits per heavy atom. The van der Waals surface area contributed by atoms with Gasteiger partial charge in [0.15, 0.2) is 5.17 Å². The Labute approximate surface area is 113 Å². The van der Waals surface area contributed by atoms with Crippen LogP contribution in [0.25, 0.3) is 0 Å². The topological polar surface area (TPSA) is 62.7 Å². The lowest BCUT2D eigenvalue weighted by Crippen LogP contribution is -2.37. The predicted molar refractivity (Wildman–Crippen MR) is 76.1 cm³/mol. The molecular weight excluding hydrogens is 250 g/mol. The van der Waals surface area contributed by atoms with E-state index in [4.69, 9.17) is 4.74 Å². The standard InChI is InChI=1S/C12H23N3O2S/c1-3-10-5-9-18-12(15-10)14-6-4-11(16)13-7-8-17-2/h10H,3-9H2,1-2H3,(H,13,16)(H,14,15). The molecule has 0 aromatic carbocycles. The van der Waals surface area contributed by atoms with Crippen LogP contribution in [0.1, 0.15) is 26.2 Å². The zero-order valence-corrected chi connectivity index (χ0v) is 12.0. The fourth-order valence-corrected chi connectivity index (χ4v) is 2.65. The second kappa shape index (κ2) is 9.22. The maximum Gasteiger partial charge on any atom is 0.221 e. The van der Waals surface area contributed by atoms with Crippen molar-refractivity contribution < 1.29 is 9.53 Å². The van der Waals surface area contributed by atoms with Crippen LogP contribution in [0.3, 0.4) is 0 Å². The molecule has 104 valence electrons. The molecule has 1 aliphatic heterocycles. The molecular formula is C12H23N3O2S. The summed E-state index contributed by atoms with van der Waals surface area (Å²) in [5.41, 5.74) is 0. The van der Waals surface area contributed by atoms with Gasteiger partial charge in [-0.2, -0.15) is 0 Å². The Morgan fingerprint density at radius 2 is 2.50 bits per heavy atom. The van der Waals surface area contributed by atoms with E-state index < -0.39 is 0 Å². The van der Waals surface area contributed by atoms with Crippen LogP contribution < -0.4 is 10.6 Å². The Balaban J connectivity index is 2.17. The molecule has 1 atom stereocenters. The van der Waals surface area contributed by atoms with E-state index >= 15 is 0 Å². The van der Waals surface area contributed by atoms with Gasteiger partial charge in [0.1, 0.15) is 0 Å². The van der Waals surface area contributed by atoms with Gasteiger partial charge in [-0.1, -0.05) is 18.7 Å². The number of hydrogen-bond donors (Lipinski definition) is 2.